The summed E-state index contributed by atoms with van der Waals surface area (Å²) in [5.74, 6) is 1.22. The number of aromatic amines is 1. The zero-order chi connectivity index (χ0) is 15.0. The van der Waals surface area contributed by atoms with E-state index in [-0.39, 0.29) is 11.4 Å². The minimum absolute atomic E-state index is 0.0490. The molecule has 1 aromatic carbocycles. The van der Waals surface area contributed by atoms with Gasteiger partial charge < -0.3 is 15.5 Å². The topological polar surface area (TPSA) is 89.7 Å². The highest BCUT2D eigenvalue weighted by Crippen LogP contribution is 2.30. The van der Waals surface area contributed by atoms with Crippen molar-refractivity contribution in [2.45, 2.75) is 26.2 Å². The molecule has 3 rings (SSSR count). The summed E-state index contributed by atoms with van der Waals surface area (Å²) in [5.41, 5.74) is 8.03. The van der Waals surface area contributed by atoms with E-state index in [0.29, 0.717) is 22.8 Å². The Morgan fingerprint density at radius 3 is 2.76 bits per heavy atom. The second kappa shape index (κ2) is 4.73. The molecule has 3 N–H and O–H groups in total. The molecular weight excluding hydrogens is 266 g/mol. The Balaban J connectivity index is 2.01. The van der Waals surface area contributed by atoms with Crippen molar-refractivity contribution in [1.82, 2.24) is 19.9 Å². The number of nitrogens with zero attached hydrogens (tertiary/aromatic N) is 3. The molecule has 0 aliphatic rings. The van der Waals surface area contributed by atoms with E-state index >= 15 is 0 Å². The molecule has 0 spiro atoms. The summed E-state index contributed by atoms with van der Waals surface area (Å²) >= 11 is 0. The number of H-pyrrole nitrogens is 1. The number of anilines is 1. The van der Waals surface area contributed by atoms with Gasteiger partial charge in [0.25, 0.3) is 5.88 Å². The number of rotatable bonds is 2. The van der Waals surface area contributed by atoms with E-state index < -0.39 is 0 Å². The van der Waals surface area contributed by atoms with Gasteiger partial charge in [0, 0.05) is 0 Å². The van der Waals surface area contributed by atoms with Crippen molar-refractivity contribution in [3.8, 4) is 11.6 Å². The maximum atomic E-state index is 5.86. The summed E-state index contributed by atoms with van der Waals surface area (Å²) < 4.78 is 5.86. The van der Waals surface area contributed by atoms with Crippen molar-refractivity contribution in [3.63, 3.8) is 0 Å². The Bertz CT molecular complexity index is 788. The fourth-order valence-electron chi connectivity index (χ4n) is 2.03. The maximum Gasteiger partial charge on any atom is 0.250 e. The summed E-state index contributed by atoms with van der Waals surface area (Å²) in [5, 5.41) is 0. The Morgan fingerprint density at radius 1 is 1.19 bits per heavy atom. The number of fused-ring (bicyclic) bond motifs is 1. The van der Waals surface area contributed by atoms with Crippen LogP contribution < -0.4 is 10.5 Å². The quantitative estimate of drug-likeness (QED) is 0.754. The Morgan fingerprint density at radius 2 is 2.00 bits per heavy atom. The van der Waals surface area contributed by atoms with Crippen molar-refractivity contribution in [1.29, 1.82) is 0 Å². The van der Waals surface area contributed by atoms with Gasteiger partial charge in [-0.15, -0.1) is 0 Å². The second-order valence-electron chi connectivity index (χ2n) is 5.87. The third-order valence-corrected chi connectivity index (χ3v) is 3.18. The molecule has 0 unspecified atom stereocenters. The summed E-state index contributed by atoms with van der Waals surface area (Å²) in [4.78, 5) is 15.2. The van der Waals surface area contributed by atoms with Gasteiger partial charge in [0.1, 0.15) is 11.3 Å². The molecular formula is C15H17N5O. The van der Waals surface area contributed by atoms with Crippen LogP contribution >= 0.6 is 0 Å². The molecule has 21 heavy (non-hydrogen) atoms. The lowest BCUT2D eigenvalue weighted by Crippen LogP contribution is -2.10. The molecule has 0 atom stereocenters. The van der Waals surface area contributed by atoms with Gasteiger partial charge in [0.05, 0.1) is 6.33 Å². The number of aromatic nitrogens is 4. The number of nitrogen functional groups attached to an aromatic ring is 1. The second-order valence-corrected chi connectivity index (χ2v) is 5.87. The van der Waals surface area contributed by atoms with Crippen LogP contribution in [0.4, 0.5) is 5.95 Å². The van der Waals surface area contributed by atoms with E-state index in [1.165, 1.54) is 11.9 Å². The molecule has 6 heteroatoms. The molecule has 2 heterocycles. The molecule has 2 aromatic heterocycles. The summed E-state index contributed by atoms with van der Waals surface area (Å²) in [7, 11) is 0. The highest BCUT2D eigenvalue weighted by Gasteiger charge is 2.15. The third kappa shape index (κ3) is 2.65. The smallest absolute Gasteiger partial charge is 0.250 e. The molecule has 0 radical (unpaired) electrons. The summed E-state index contributed by atoms with van der Waals surface area (Å²) in [6.07, 6.45) is 1.54. The number of benzene rings is 1. The monoisotopic (exact) mass is 283 g/mol. The van der Waals surface area contributed by atoms with Gasteiger partial charge >= 0.3 is 0 Å². The summed E-state index contributed by atoms with van der Waals surface area (Å²) in [6.45, 7) is 6.46. The Labute approximate surface area is 122 Å². The lowest BCUT2D eigenvalue weighted by Gasteiger charge is -2.19. The van der Waals surface area contributed by atoms with Crippen LogP contribution in [0.2, 0.25) is 0 Å². The van der Waals surface area contributed by atoms with Crippen molar-refractivity contribution in [3.05, 3.63) is 36.2 Å². The van der Waals surface area contributed by atoms with Crippen LogP contribution in [0.3, 0.4) is 0 Å². The standard InChI is InChI=1S/C15H17N5O/c1-15(2,3)9-5-4-6-10(7-9)21-13-11-12(18-8-17-11)19-14(16)20-13/h4-8H,1-3H3,(H3,16,17,18,19,20). The van der Waals surface area contributed by atoms with Gasteiger partial charge in [-0.2, -0.15) is 9.97 Å². The molecule has 0 bridgehead atoms. The minimum Gasteiger partial charge on any atom is -0.437 e. The first-order chi connectivity index (χ1) is 9.93. The van der Waals surface area contributed by atoms with Crippen molar-refractivity contribution < 1.29 is 4.74 Å². The van der Waals surface area contributed by atoms with Crippen molar-refractivity contribution >= 4 is 17.1 Å². The van der Waals surface area contributed by atoms with Crippen LogP contribution in [-0.4, -0.2) is 19.9 Å². The number of ether oxygens (including phenoxy) is 1. The van der Waals surface area contributed by atoms with Crippen LogP contribution in [0.15, 0.2) is 30.6 Å². The average molecular weight is 283 g/mol. The molecule has 0 aliphatic heterocycles. The first-order valence-corrected chi connectivity index (χ1v) is 6.68. The zero-order valence-corrected chi connectivity index (χ0v) is 12.2. The van der Waals surface area contributed by atoms with Crippen LogP contribution in [-0.2, 0) is 5.41 Å². The summed E-state index contributed by atoms with van der Waals surface area (Å²) in [6, 6.07) is 7.92. The third-order valence-electron chi connectivity index (χ3n) is 3.18. The predicted octanol–water partition coefficient (Wildman–Crippen LogP) is 3.02. The zero-order valence-electron chi connectivity index (χ0n) is 12.2. The van der Waals surface area contributed by atoms with E-state index in [1.807, 2.05) is 18.2 Å². The van der Waals surface area contributed by atoms with Crippen molar-refractivity contribution in [2.75, 3.05) is 5.73 Å². The molecule has 0 fully saturated rings. The van der Waals surface area contributed by atoms with Crippen LogP contribution in [0.5, 0.6) is 11.6 Å². The van der Waals surface area contributed by atoms with Gasteiger partial charge in [0.15, 0.2) is 5.65 Å². The van der Waals surface area contributed by atoms with Gasteiger partial charge in [-0.1, -0.05) is 32.9 Å². The van der Waals surface area contributed by atoms with Gasteiger partial charge in [-0.05, 0) is 23.1 Å². The lowest BCUT2D eigenvalue weighted by atomic mass is 9.87. The maximum absolute atomic E-state index is 5.86. The number of nitrogens with one attached hydrogen (secondary N) is 1. The van der Waals surface area contributed by atoms with E-state index in [1.54, 1.807) is 0 Å². The van der Waals surface area contributed by atoms with Crippen LogP contribution in [0, 0.1) is 0 Å². The van der Waals surface area contributed by atoms with E-state index in [4.69, 9.17) is 10.5 Å². The van der Waals surface area contributed by atoms with Gasteiger partial charge in [0.2, 0.25) is 5.95 Å². The van der Waals surface area contributed by atoms with Crippen LogP contribution in [0.1, 0.15) is 26.3 Å². The molecule has 108 valence electrons. The number of imidazole rings is 1. The molecule has 0 aliphatic carbocycles. The van der Waals surface area contributed by atoms with Gasteiger partial charge in [-0.25, -0.2) is 4.98 Å². The normalized spacial score (nSPS) is 11.8. The Hall–Kier alpha value is -2.63. The molecule has 3 aromatic rings. The molecule has 0 saturated carbocycles. The lowest BCUT2D eigenvalue weighted by molar-refractivity contribution is 0.464. The van der Waals surface area contributed by atoms with E-state index in [2.05, 4.69) is 46.8 Å². The largest absolute Gasteiger partial charge is 0.437 e. The molecule has 0 amide bonds. The number of hydrogen-bond donors (Lipinski definition) is 2. The fraction of sp³-hybridized carbons (Fsp3) is 0.267. The fourth-order valence-corrected chi connectivity index (χ4v) is 2.03. The highest BCUT2D eigenvalue weighted by atomic mass is 16.5. The Kier molecular flexibility index (Phi) is 3.01. The minimum atomic E-state index is 0.0490. The number of nitrogens with two attached hydrogens (primary N) is 1. The van der Waals surface area contributed by atoms with E-state index in [9.17, 15) is 0 Å². The van der Waals surface area contributed by atoms with Crippen LogP contribution in [0.25, 0.3) is 11.2 Å². The number of hydrogen-bond acceptors (Lipinski definition) is 5. The average Bonchev–Trinajstić information content (AvgIpc) is 2.86. The molecule has 0 saturated heterocycles. The first kappa shape index (κ1) is 13.4. The SMILES string of the molecule is CC(C)(C)c1cccc(Oc2nc(N)nc3nc[nH]c23)c1. The molecule has 6 nitrogen and oxygen atoms in total. The first-order valence-electron chi connectivity index (χ1n) is 6.68. The van der Waals surface area contributed by atoms with Gasteiger partial charge in [-0.3, -0.25) is 0 Å². The highest BCUT2D eigenvalue weighted by molar-refractivity contribution is 5.77. The van der Waals surface area contributed by atoms with E-state index in [0.717, 1.165) is 0 Å². The predicted molar refractivity (Wildman–Crippen MR) is 81.3 cm³/mol. The van der Waals surface area contributed by atoms with Crippen molar-refractivity contribution in [2.24, 2.45) is 0 Å².